The van der Waals surface area contributed by atoms with Crippen molar-refractivity contribution in [3.05, 3.63) is 0 Å². The fourth-order valence-electron chi connectivity index (χ4n) is 8.50. The van der Waals surface area contributed by atoms with E-state index in [0.29, 0.717) is 17.8 Å². The Hall–Kier alpha value is -0.610. The third-order valence-corrected chi connectivity index (χ3v) is 9.60. The predicted octanol–water partition coefficient (Wildman–Crippen LogP) is 3.54. The Kier molecular flexibility index (Phi) is 4.47. The summed E-state index contributed by atoms with van der Waals surface area (Å²) in [7, 11) is 1.52. The van der Waals surface area contributed by atoms with Crippen LogP contribution in [-0.4, -0.2) is 36.0 Å². The number of ether oxygens (including phenoxy) is 1. The van der Waals surface area contributed by atoms with Crippen molar-refractivity contribution in [2.75, 3.05) is 13.7 Å². The molecule has 5 rings (SSSR count). The van der Waals surface area contributed by atoms with Crippen LogP contribution in [0.3, 0.4) is 0 Å². The maximum atomic E-state index is 12.7. The van der Waals surface area contributed by atoms with Gasteiger partial charge in [-0.1, -0.05) is 13.3 Å². The maximum Gasteiger partial charge on any atom is 0.311 e. The molecule has 0 aliphatic heterocycles. The van der Waals surface area contributed by atoms with Gasteiger partial charge in [0.25, 0.3) is 0 Å². The number of hydrogen-bond donors (Lipinski definition) is 2. The number of aliphatic hydroxyl groups excluding tert-OH is 2. The summed E-state index contributed by atoms with van der Waals surface area (Å²) in [6.07, 6.45) is 9.18. The molecule has 4 heteroatoms. The van der Waals surface area contributed by atoms with Gasteiger partial charge in [-0.2, -0.15) is 0 Å². The van der Waals surface area contributed by atoms with Crippen molar-refractivity contribution in [2.24, 2.45) is 39.9 Å². The van der Waals surface area contributed by atoms with Gasteiger partial charge < -0.3 is 14.9 Å². The molecule has 2 bridgehead atoms. The number of rotatable bonds is 3. The fraction of sp³-hybridized carbons (Fsp3) is 0.955. The summed E-state index contributed by atoms with van der Waals surface area (Å²) in [5.74, 6) is 1.62. The van der Waals surface area contributed by atoms with Crippen molar-refractivity contribution >= 4 is 5.97 Å². The van der Waals surface area contributed by atoms with Crippen LogP contribution in [0.15, 0.2) is 0 Å². The van der Waals surface area contributed by atoms with Crippen LogP contribution in [0.1, 0.15) is 71.6 Å². The average Bonchev–Trinajstić information content (AvgIpc) is 2.63. The van der Waals surface area contributed by atoms with E-state index in [2.05, 4.69) is 13.8 Å². The zero-order chi connectivity index (χ0) is 18.7. The van der Waals surface area contributed by atoms with Crippen molar-refractivity contribution < 1.29 is 19.7 Å². The number of methoxy groups -OCH3 is 1. The molecule has 148 valence electrons. The molecule has 4 nitrogen and oxygen atoms in total. The Morgan fingerprint density at radius 1 is 1.12 bits per heavy atom. The first kappa shape index (κ1) is 18.7. The second-order valence-corrected chi connectivity index (χ2v) is 10.3. The van der Waals surface area contributed by atoms with Crippen LogP contribution < -0.4 is 0 Å². The van der Waals surface area contributed by atoms with Gasteiger partial charge in [-0.3, -0.25) is 4.79 Å². The molecule has 5 saturated carbocycles. The number of carbonyl (C=O) groups is 1. The summed E-state index contributed by atoms with van der Waals surface area (Å²) in [6, 6.07) is 0. The Labute approximate surface area is 157 Å². The molecule has 5 aliphatic rings. The molecule has 5 fully saturated rings. The highest BCUT2D eigenvalue weighted by atomic mass is 16.5. The number of esters is 1. The molecule has 1 spiro atoms. The highest BCUT2D eigenvalue weighted by Gasteiger charge is 2.68. The fourth-order valence-corrected chi connectivity index (χ4v) is 8.50. The molecule has 0 saturated heterocycles. The Morgan fingerprint density at radius 2 is 1.85 bits per heavy atom. The Balaban J connectivity index is 1.71. The van der Waals surface area contributed by atoms with E-state index < -0.39 is 0 Å². The summed E-state index contributed by atoms with van der Waals surface area (Å²) >= 11 is 0. The molecular formula is C22H36O4. The first-order valence-electron chi connectivity index (χ1n) is 10.7. The molecule has 0 aromatic rings. The Morgan fingerprint density at radius 3 is 2.54 bits per heavy atom. The molecule has 0 radical (unpaired) electrons. The van der Waals surface area contributed by atoms with E-state index in [9.17, 15) is 15.0 Å². The van der Waals surface area contributed by atoms with Crippen LogP contribution >= 0.6 is 0 Å². The van der Waals surface area contributed by atoms with Crippen molar-refractivity contribution in [3.63, 3.8) is 0 Å². The summed E-state index contributed by atoms with van der Waals surface area (Å²) in [4.78, 5) is 12.7. The lowest BCUT2D eigenvalue weighted by molar-refractivity contribution is -0.246. The first-order valence-corrected chi connectivity index (χ1v) is 10.7. The van der Waals surface area contributed by atoms with E-state index >= 15 is 0 Å². The monoisotopic (exact) mass is 364 g/mol. The lowest BCUT2D eigenvalue weighted by Gasteiger charge is -2.70. The molecule has 0 amide bonds. The molecular weight excluding hydrogens is 328 g/mol. The standard InChI is InChI=1S/C22H36O4/c1-20-8-4-9-21(2,19(25)26-3)16(20)6-11-22-10-5-14(13-17(20)22)15(7-12-23)18(22)24/h14-18,23-24H,4-13H2,1-3H3/t14-,15+,16+,17+,18-,20-,21-,22+/m1/s1. The largest absolute Gasteiger partial charge is 0.469 e. The SMILES string of the molecule is COC(=O)[C@]1(C)CCC[C@@]2(C)[C@@H]3C[C@H]4CC[C@@]3(CC[C@@H]21)[C@H](O)[C@H]4CCO. The first-order chi connectivity index (χ1) is 12.3. The third kappa shape index (κ3) is 2.24. The molecule has 0 aromatic heterocycles. The number of aliphatic hydroxyl groups is 2. The van der Waals surface area contributed by atoms with Crippen molar-refractivity contribution in [1.82, 2.24) is 0 Å². The molecule has 8 atom stereocenters. The van der Waals surface area contributed by atoms with E-state index in [-0.39, 0.29) is 40.8 Å². The zero-order valence-electron chi connectivity index (χ0n) is 16.7. The van der Waals surface area contributed by atoms with Crippen LogP contribution in [0.5, 0.6) is 0 Å². The predicted molar refractivity (Wildman–Crippen MR) is 99.3 cm³/mol. The van der Waals surface area contributed by atoms with Gasteiger partial charge in [0.2, 0.25) is 0 Å². The minimum absolute atomic E-state index is 0.00814. The summed E-state index contributed by atoms with van der Waals surface area (Å²) in [5.41, 5.74) is -0.257. The second kappa shape index (κ2) is 6.20. The molecule has 0 heterocycles. The van der Waals surface area contributed by atoms with Crippen molar-refractivity contribution in [1.29, 1.82) is 0 Å². The number of hydrogen-bond acceptors (Lipinski definition) is 4. The van der Waals surface area contributed by atoms with E-state index in [0.717, 1.165) is 38.5 Å². The van der Waals surface area contributed by atoms with Crippen molar-refractivity contribution in [3.8, 4) is 0 Å². The van der Waals surface area contributed by atoms with Crippen LogP contribution in [0.25, 0.3) is 0 Å². The van der Waals surface area contributed by atoms with Gasteiger partial charge in [-0.05, 0) is 92.8 Å². The molecule has 0 aromatic carbocycles. The van der Waals surface area contributed by atoms with Crippen LogP contribution in [-0.2, 0) is 9.53 Å². The van der Waals surface area contributed by atoms with Crippen molar-refractivity contribution in [2.45, 2.75) is 77.7 Å². The number of carbonyl (C=O) groups excluding carboxylic acids is 1. The lowest BCUT2D eigenvalue weighted by Crippen LogP contribution is -2.66. The van der Waals surface area contributed by atoms with E-state index in [4.69, 9.17) is 4.74 Å². The summed E-state index contributed by atoms with van der Waals surface area (Å²) < 4.78 is 5.24. The smallest absolute Gasteiger partial charge is 0.311 e. The van der Waals surface area contributed by atoms with Crippen LogP contribution in [0.2, 0.25) is 0 Å². The second-order valence-electron chi connectivity index (χ2n) is 10.3. The lowest BCUT2D eigenvalue weighted by atomic mass is 9.35. The van der Waals surface area contributed by atoms with Gasteiger partial charge in [0.05, 0.1) is 18.6 Å². The highest BCUT2D eigenvalue weighted by molar-refractivity contribution is 5.77. The Bertz CT molecular complexity index is 576. The third-order valence-electron chi connectivity index (χ3n) is 9.60. The van der Waals surface area contributed by atoms with Gasteiger partial charge in [0.1, 0.15) is 0 Å². The average molecular weight is 365 g/mol. The van der Waals surface area contributed by atoms with Gasteiger partial charge in [-0.25, -0.2) is 0 Å². The number of fused-ring (bicyclic) bond motifs is 3. The van der Waals surface area contributed by atoms with E-state index in [1.807, 2.05) is 0 Å². The van der Waals surface area contributed by atoms with Gasteiger partial charge >= 0.3 is 5.97 Å². The van der Waals surface area contributed by atoms with Gasteiger partial charge in [0, 0.05) is 6.61 Å². The van der Waals surface area contributed by atoms with E-state index in [1.54, 1.807) is 0 Å². The normalized spacial score (nSPS) is 52.9. The maximum absolute atomic E-state index is 12.7. The van der Waals surface area contributed by atoms with Crippen LogP contribution in [0, 0.1) is 39.9 Å². The molecule has 0 unspecified atom stereocenters. The van der Waals surface area contributed by atoms with E-state index in [1.165, 1.54) is 26.4 Å². The minimum atomic E-state index is -0.379. The topological polar surface area (TPSA) is 66.8 Å². The summed E-state index contributed by atoms with van der Waals surface area (Å²) in [5, 5.41) is 20.9. The molecule has 5 aliphatic carbocycles. The highest BCUT2D eigenvalue weighted by Crippen LogP contribution is 2.72. The van der Waals surface area contributed by atoms with Crippen LogP contribution in [0.4, 0.5) is 0 Å². The van der Waals surface area contributed by atoms with Gasteiger partial charge in [0.15, 0.2) is 0 Å². The molecule has 26 heavy (non-hydrogen) atoms. The minimum Gasteiger partial charge on any atom is -0.469 e. The zero-order valence-corrected chi connectivity index (χ0v) is 16.7. The molecule has 2 N–H and O–H groups in total. The quantitative estimate of drug-likeness (QED) is 0.752. The summed E-state index contributed by atoms with van der Waals surface area (Å²) in [6.45, 7) is 4.72. The van der Waals surface area contributed by atoms with Gasteiger partial charge in [-0.15, -0.1) is 0 Å².